The maximum absolute atomic E-state index is 4.88. The summed E-state index contributed by atoms with van der Waals surface area (Å²) >= 11 is -0.472. The van der Waals surface area contributed by atoms with Gasteiger partial charge < -0.3 is 0 Å². The molecule has 0 aliphatic heterocycles. The van der Waals surface area contributed by atoms with E-state index in [-0.39, 0.29) is 25.0 Å². The van der Waals surface area contributed by atoms with Gasteiger partial charge in [0.1, 0.15) is 0 Å². The minimum atomic E-state index is -0.567. The van der Waals surface area contributed by atoms with Gasteiger partial charge in [-0.05, 0) is 131 Å². The molecule has 0 N–H and O–H groups in total. The molecule has 4 fully saturated rings. The fourth-order valence-corrected chi connectivity index (χ4v) is 14.5. The summed E-state index contributed by atoms with van der Waals surface area (Å²) in [5.41, 5.74) is 4.27. The normalized spacial score (nSPS) is 22.0. The van der Waals surface area contributed by atoms with E-state index in [1.165, 1.54) is 93.6 Å². The van der Waals surface area contributed by atoms with Crippen molar-refractivity contribution in [2.45, 2.75) is 94.0 Å². The number of rotatable bonds is 10. The Morgan fingerprint density at radius 1 is 0.651 bits per heavy atom. The fraction of sp³-hybridized carbons (Fsp3) is 0.405. The van der Waals surface area contributed by atoms with Crippen molar-refractivity contribution in [1.29, 1.82) is 0 Å². The number of halogens is 2. The van der Waals surface area contributed by atoms with Gasteiger partial charge in [-0.15, -0.1) is 0 Å². The Hall–Kier alpha value is 1.09. The summed E-state index contributed by atoms with van der Waals surface area (Å²) in [6, 6.07) is 22.8. The van der Waals surface area contributed by atoms with E-state index in [0.29, 0.717) is 5.66 Å². The molecule has 4 aliphatic rings. The van der Waals surface area contributed by atoms with E-state index in [4.69, 9.17) is 18.8 Å². The third kappa shape index (κ3) is 10.5. The molecule has 2 aromatic carbocycles. The van der Waals surface area contributed by atoms with Crippen LogP contribution in [-0.4, -0.2) is 17.0 Å². The standard InChI is InChI=1S/C37H44P2.2ClH.Fe.Pt/c1-5-18-31(19-6-1)38(32-20-7-2-8-21-32)36-27-15-26-35(36)37(29-28-30-16-13-14-17-30)39(33-22-9-3-10-23-33)34-24-11-4-12-25-34;;;;/h1-2,5-8,13-21,26-27,33-34,37H,3-4,9-12,22-25,28-29H2;2*1H;;/q;;;2*+2/p-2/t37-;;;;/m1..../s1. The second-order valence-corrected chi connectivity index (χ2v) is 20.2. The predicted octanol–water partition coefficient (Wildman–Crippen LogP) is 10.9. The van der Waals surface area contributed by atoms with Gasteiger partial charge in [-0.25, -0.2) is 0 Å². The third-order valence-electron chi connectivity index (χ3n) is 9.25. The quantitative estimate of drug-likeness (QED) is 0.165. The van der Waals surface area contributed by atoms with Crippen molar-refractivity contribution >= 4 is 45.3 Å². The molecule has 6 rings (SSSR count). The first-order chi connectivity index (χ1) is 20.8. The van der Waals surface area contributed by atoms with Crippen LogP contribution in [0.25, 0.3) is 0 Å². The molecule has 4 aliphatic carbocycles. The first-order valence-corrected chi connectivity index (χ1v) is 24.3. The largest absolute Gasteiger partial charge is 2.00 e. The van der Waals surface area contributed by atoms with Gasteiger partial charge in [0.05, 0.1) is 0 Å². The second kappa shape index (κ2) is 20.5. The molecule has 4 saturated carbocycles. The summed E-state index contributed by atoms with van der Waals surface area (Å²) < 4.78 is 0. The Bertz CT molecular complexity index is 939. The summed E-state index contributed by atoms with van der Waals surface area (Å²) in [6.45, 7) is 0. The molecule has 10 radical (unpaired) electrons. The van der Waals surface area contributed by atoms with Crippen molar-refractivity contribution in [3.05, 3.63) is 123 Å². The van der Waals surface area contributed by atoms with Gasteiger partial charge in [0.25, 0.3) is 0 Å². The monoisotopic (exact) mass is 871 g/mol. The van der Waals surface area contributed by atoms with E-state index in [1.807, 2.05) is 0 Å². The van der Waals surface area contributed by atoms with E-state index in [1.54, 1.807) is 11.6 Å². The molecule has 0 amide bonds. The first kappa shape index (κ1) is 36.9. The van der Waals surface area contributed by atoms with Crippen LogP contribution in [0.5, 0.6) is 0 Å². The molecule has 1 atom stereocenters. The van der Waals surface area contributed by atoms with E-state index in [0.717, 1.165) is 11.3 Å². The van der Waals surface area contributed by atoms with Crippen LogP contribution >= 0.6 is 34.7 Å². The Morgan fingerprint density at radius 3 is 1.63 bits per heavy atom. The van der Waals surface area contributed by atoms with Gasteiger partial charge in [-0.3, -0.25) is 0 Å². The zero-order valence-electron chi connectivity index (χ0n) is 24.9. The van der Waals surface area contributed by atoms with E-state index in [2.05, 4.69) is 106 Å². The van der Waals surface area contributed by atoms with Gasteiger partial charge in [0.2, 0.25) is 0 Å². The van der Waals surface area contributed by atoms with Gasteiger partial charge in [-0.1, -0.05) is 107 Å². The molecular weight excluding hydrogens is 828 g/mol. The fourth-order valence-electron chi connectivity index (χ4n) is 7.41. The summed E-state index contributed by atoms with van der Waals surface area (Å²) in [4.78, 5) is 0. The van der Waals surface area contributed by atoms with Crippen LogP contribution in [0.1, 0.15) is 77.0 Å². The Morgan fingerprint density at radius 2 is 1.14 bits per heavy atom. The van der Waals surface area contributed by atoms with Gasteiger partial charge in [0, 0.05) is 5.66 Å². The molecule has 2 aromatic rings. The van der Waals surface area contributed by atoms with Crippen LogP contribution in [0.15, 0.2) is 60.7 Å². The molecule has 0 aromatic heterocycles. The number of hydrogen-bond donors (Lipinski definition) is 0. The molecule has 0 nitrogen and oxygen atoms in total. The number of benzene rings is 2. The second-order valence-electron chi connectivity index (χ2n) is 11.8. The topological polar surface area (TPSA) is 0 Å². The average molecular weight is 873 g/mol. The summed E-state index contributed by atoms with van der Waals surface area (Å²) in [7, 11) is 9.12. The Balaban J connectivity index is 0.00000102. The van der Waals surface area contributed by atoms with Gasteiger partial charge in [0.15, 0.2) is 0 Å². The van der Waals surface area contributed by atoms with Crippen molar-refractivity contribution < 1.29 is 33.5 Å². The molecule has 0 spiro atoms. The van der Waals surface area contributed by atoms with Crippen LogP contribution in [-0.2, 0) is 33.5 Å². The Labute approximate surface area is 293 Å². The summed E-state index contributed by atoms with van der Waals surface area (Å²) in [5.74, 6) is 3.24. The Kier molecular flexibility index (Phi) is 17.6. The van der Waals surface area contributed by atoms with Gasteiger partial charge in [-0.2, -0.15) is 0 Å². The summed E-state index contributed by atoms with van der Waals surface area (Å²) in [5, 5.41) is 2.97. The first-order valence-electron chi connectivity index (χ1n) is 15.8. The van der Waals surface area contributed by atoms with Crippen molar-refractivity contribution in [1.82, 2.24) is 0 Å². The van der Waals surface area contributed by atoms with Crippen molar-refractivity contribution in [2.75, 3.05) is 0 Å². The average Bonchev–Trinajstić information content (AvgIpc) is 3.75. The molecule has 0 saturated heterocycles. The molecule has 0 heterocycles. The van der Waals surface area contributed by atoms with E-state index < -0.39 is 24.4 Å². The molecule has 232 valence electrons. The molecule has 6 heteroatoms. The van der Waals surface area contributed by atoms with E-state index >= 15 is 0 Å². The molecule has 0 unspecified atom stereocenters. The maximum atomic E-state index is 4.88. The van der Waals surface area contributed by atoms with Crippen LogP contribution in [0, 0.1) is 62.4 Å². The zero-order chi connectivity index (χ0) is 29.0. The third-order valence-corrected chi connectivity index (χ3v) is 15.7. The van der Waals surface area contributed by atoms with Crippen molar-refractivity contribution in [2.24, 2.45) is 0 Å². The minimum Gasteiger partial charge on any atom is 2.00 e. The van der Waals surface area contributed by atoms with Crippen LogP contribution in [0.4, 0.5) is 0 Å². The van der Waals surface area contributed by atoms with Gasteiger partial charge >= 0.3 is 52.4 Å². The molecule has 43 heavy (non-hydrogen) atoms. The molecular formula is C37H44Cl2FeP2Pt+2. The smallest absolute Gasteiger partial charge is 2.00 e. The number of hydrogen-bond acceptors (Lipinski definition) is 0. The van der Waals surface area contributed by atoms with E-state index in [9.17, 15) is 0 Å². The molecule has 0 bridgehead atoms. The van der Waals surface area contributed by atoms with Crippen LogP contribution in [0.3, 0.4) is 0 Å². The zero-order valence-corrected chi connectivity index (χ0v) is 31.5. The van der Waals surface area contributed by atoms with Crippen LogP contribution < -0.4 is 10.6 Å². The van der Waals surface area contributed by atoms with Crippen molar-refractivity contribution in [3.63, 3.8) is 0 Å². The summed E-state index contributed by atoms with van der Waals surface area (Å²) in [6.07, 6.45) is 33.8. The maximum Gasteiger partial charge on any atom is 2.00 e. The van der Waals surface area contributed by atoms with Crippen LogP contribution in [0.2, 0.25) is 0 Å². The SMILES string of the molecule is [CH]1[CH][CH][C](CC[C@H]([C]2[CH][CH][CH][C]2P(c2ccccc2)c2ccccc2)P(C2CCCCC2)C2CCCCC2)[CH]1.[Cl][Pt][Cl].[Fe+2]. The van der Waals surface area contributed by atoms with Crippen molar-refractivity contribution in [3.8, 4) is 0 Å². The predicted molar refractivity (Wildman–Crippen MR) is 184 cm³/mol. The minimum absolute atomic E-state index is 0.